The summed E-state index contributed by atoms with van der Waals surface area (Å²) in [5.41, 5.74) is -0.621. The molecule has 1 aliphatic heterocycles. The Morgan fingerprint density at radius 1 is 1.00 bits per heavy atom. The highest BCUT2D eigenvalue weighted by Gasteiger charge is 2.29. The fraction of sp³-hybridized carbons (Fsp3) is 0.318. The number of carbonyl (C=O) groups excluding carboxylic acids is 1. The molecule has 0 saturated carbocycles. The average molecular weight is 466 g/mol. The predicted octanol–water partition coefficient (Wildman–Crippen LogP) is 2.27. The summed E-state index contributed by atoms with van der Waals surface area (Å²) in [6, 6.07) is 9.89. The Hall–Kier alpha value is -4.19. The molecule has 1 atom stereocenters. The van der Waals surface area contributed by atoms with Crippen molar-refractivity contribution in [2.45, 2.75) is 13.0 Å². The summed E-state index contributed by atoms with van der Waals surface area (Å²) in [6.07, 6.45) is 0. The van der Waals surface area contributed by atoms with Crippen LogP contribution >= 0.6 is 0 Å². The predicted molar refractivity (Wildman–Crippen MR) is 123 cm³/mol. The minimum atomic E-state index is -0.760. The lowest BCUT2D eigenvalue weighted by Crippen LogP contribution is -2.49. The van der Waals surface area contributed by atoms with Crippen LogP contribution in [-0.4, -0.2) is 61.3 Å². The molecule has 1 aliphatic rings. The molecule has 3 aromatic rings. The van der Waals surface area contributed by atoms with Gasteiger partial charge >= 0.3 is 0 Å². The van der Waals surface area contributed by atoms with E-state index in [0.717, 1.165) is 18.2 Å². The van der Waals surface area contributed by atoms with E-state index in [1.165, 1.54) is 9.47 Å². The van der Waals surface area contributed by atoms with Crippen molar-refractivity contribution in [3.8, 4) is 0 Å². The second kappa shape index (κ2) is 8.98. The zero-order valence-electron chi connectivity index (χ0n) is 18.6. The van der Waals surface area contributed by atoms with Crippen molar-refractivity contribution in [1.29, 1.82) is 0 Å². The quantitative estimate of drug-likeness (QED) is 0.411. The van der Waals surface area contributed by atoms with Crippen LogP contribution < -0.4 is 5.56 Å². The number of aromatic nitrogens is 2. The minimum Gasteiger partial charge on any atom is -0.336 e. The van der Waals surface area contributed by atoms with Crippen LogP contribution in [0, 0.1) is 20.2 Å². The maximum absolute atomic E-state index is 12.9. The molecule has 0 N–H and O–H groups in total. The molecule has 4 rings (SSSR count). The number of nitro benzene ring substituents is 2. The number of non-ortho nitro benzene ring substituents is 2. The molecule has 1 aromatic heterocycles. The Kier molecular flexibility index (Phi) is 6.07. The molecule has 12 nitrogen and oxygen atoms in total. The van der Waals surface area contributed by atoms with E-state index in [2.05, 4.69) is 9.88 Å². The van der Waals surface area contributed by atoms with Crippen LogP contribution in [0.1, 0.15) is 29.1 Å². The van der Waals surface area contributed by atoms with Gasteiger partial charge in [-0.05, 0) is 19.1 Å². The molecule has 1 unspecified atom stereocenters. The van der Waals surface area contributed by atoms with E-state index < -0.39 is 27.1 Å². The minimum absolute atomic E-state index is 0.0963. The van der Waals surface area contributed by atoms with Crippen molar-refractivity contribution < 1.29 is 14.6 Å². The van der Waals surface area contributed by atoms with Crippen LogP contribution in [0.4, 0.5) is 11.4 Å². The fourth-order valence-electron chi connectivity index (χ4n) is 4.20. The summed E-state index contributed by atoms with van der Waals surface area (Å²) >= 11 is 0. The van der Waals surface area contributed by atoms with Gasteiger partial charge in [-0.3, -0.25) is 39.3 Å². The largest absolute Gasteiger partial charge is 0.336 e. The number of benzene rings is 2. The first-order chi connectivity index (χ1) is 16.2. The van der Waals surface area contributed by atoms with Crippen molar-refractivity contribution >= 4 is 28.2 Å². The molecule has 0 radical (unpaired) electrons. The third-order valence-electron chi connectivity index (χ3n) is 6.11. The van der Waals surface area contributed by atoms with Gasteiger partial charge in [0.1, 0.15) is 5.82 Å². The molecule has 0 bridgehead atoms. The highest BCUT2D eigenvalue weighted by molar-refractivity contribution is 5.95. The molecule has 2 aromatic carbocycles. The van der Waals surface area contributed by atoms with Crippen molar-refractivity contribution in [2.75, 3.05) is 26.2 Å². The van der Waals surface area contributed by atoms with Gasteiger partial charge in [0.05, 0.1) is 38.4 Å². The second-order valence-corrected chi connectivity index (χ2v) is 8.11. The Balaban J connectivity index is 1.52. The van der Waals surface area contributed by atoms with Gasteiger partial charge in [0.25, 0.3) is 22.8 Å². The van der Waals surface area contributed by atoms with Gasteiger partial charge in [-0.1, -0.05) is 12.1 Å². The van der Waals surface area contributed by atoms with Crippen LogP contribution in [0.3, 0.4) is 0 Å². The molecule has 34 heavy (non-hydrogen) atoms. The van der Waals surface area contributed by atoms with Crippen molar-refractivity contribution in [3.63, 3.8) is 0 Å². The summed E-state index contributed by atoms with van der Waals surface area (Å²) < 4.78 is 1.53. The average Bonchev–Trinajstić information content (AvgIpc) is 2.85. The number of rotatable bonds is 5. The number of fused-ring (bicyclic) bond motifs is 1. The lowest BCUT2D eigenvalue weighted by atomic mass is 10.1. The first kappa shape index (κ1) is 23.0. The summed E-state index contributed by atoms with van der Waals surface area (Å²) in [6.45, 7) is 3.54. The number of para-hydroxylation sites is 1. The van der Waals surface area contributed by atoms with Gasteiger partial charge in [0, 0.05) is 45.4 Å². The SMILES string of the molecule is CC(c1nc2ccccc2c(=O)n1C)N1CCN(C(=O)c2cc([N+](=O)[O-])cc([N+](=O)[O-])c2)CC1. The van der Waals surface area contributed by atoms with Crippen LogP contribution in [0.15, 0.2) is 47.3 Å². The Morgan fingerprint density at radius 2 is 1.59 bits per heavy atom. The molecule has 12 heteroatoms. The number of carbonyl (C=O) groups is 1. The summed E-state index contributed by atoms with van der Waals surface area (Å²) in [7, 11) is 1.68. The van der Waals surface area contributed by atoms with Gasteiger partial charge in [-0.25, -0.2) is 4.98 Å². The first-order valence-corrected chi connectivity index (χ1v) is 10.6. The number of nitrogens with zero attached hydrogens (tertiary/aromatic N) is 6. The maximum Gasteiger partial charge on any atom is 0.277 e. The molecular formula is C22H22N6O6. The Labute approximate surface area is 193 Å². The molecule has 1 amide bonds. The van der Waals surface area contributed by atoms with Crippen LogP contribution in [-0.2, 0) is 7.05 Å². The van der Waals surface area contributed by atoms with E-state index in [1.54, 1.807) is 25.2 Å². The molecule has 0 spiro atoms. The van der Waals surface area contributed by atoms with E-state index >= 15 is 0 Å². The number of hydrogen-bond donors (Lipinski definition) is 0. The summed E-state index contributed by atoms with van der Waals surface area (Å²) in [4.78, 5) is 54.7. The zero-order chi connectivity index (χ0) is 24.6. The highest BCUT2D eigenvalue weighted by Crippen LogP contribution is 2.25. The number of nitro groups is 2. The topological polar surface area (TPSA) is 145 Å². The van der Waals surface area contributed by atoms with Crippen LogP contribution in [0.2, 0.25) is 0 Å². The second-order valence-electron chi connectivity index (χ2n) is 8.11. The van der Waals surface area contributed by atoms with E-state index in [-0.39, 0.29) is 17.2 Å². The van der Waals surface area contributed by atoms with E-state index in [1.807, 2.05) is 13.0 Å². The Bertz CT molecular complexity index is 1330. The molecule has 1 fully saturated rings. The summed E-state index contributed by atoms with van der Waals surface area (Å²) in [5, 5.41) is 22.8. The fourth-order valence-corrected chi connectivity index (χ4v) is 4.20. The zero-order valence-corrected chi connectivity index (χ0v) is 18.6. The number of amides is 1. The monoisotopic (exact) mass is 466 g/mol. The van der Waals surface area contributed by atoms with Gasteiger partial charge < -0.3 is 4.90 Å². The van der Waals surface area contributed by atoms with Gasteiger partial charge in [-0.15, -0.1) is 0 Å². The van der Waals surface area contributed by atoms with Gasteiger partial charge in [-0.2, -0.15) is 0 Å². The van der Waals surface area contributed by atoms with Gasteiger partial charge in [0.15, 0.2) is 0 Å². The molecular weight excluding hydrogens is 444 g/mol. The third-order valence-corrected chi connectivity index (χ3v) is 6.11. The Morgan fingerprint density at radius 3 is 2.18 bits per heavy atom. The van der Waals surface area contributed by atoms with Crippen molar-refractivity contribution in [1.82, 2.24) is 19.4 Å². The first-order valence-electron chi connectivity index (χ1n) is 10.6. The highest BCUT2D eigenvalue weighted by atomic mass is 16.6. The van der Waals surface area contributed by atoms with Crippen molar-refractivity contribution in [2.24, 2.45) is 7.05 Å². The number of hydrogen-bond acceptors (Lipinski definition) is 8. The molecule has 2 heterocycles. The standard InChI is InChI=1S/C22H22N6O6/c1-14(20-23-19-6-4-3-5-18(19)22(30)24(20)2)25-7-9-26(10-8-25)21(29)15-11-16(27(31)32)13-17(12-15)28(33)34/h3-6,11-14H,7-10H2,1-2H3. The third kappa shape index (κ3) is 4.22. The summed E-state index contributed by atoms with van der Waals surface area (Å²) in [5.74, 6) is 0.105. The lowest BCUT2D eigenvalue weighted by Gasteiger charge is -2.38. The van der Waals surface area contributed by atoms with E-state index in [0.29, 0.717) is 42.9 Å². The number of piperazine rings is 1. The van der Waals surface area contributed by atoms with Gasteiger partial charge in [0.2, 0.25) is 0 Å². The van der Waals surface area contributed by atoms with Crippen LogP contribution in [0.25, 0.3) is 10.9 Å². The van der Waals surface area contributed by atoms with E-state index in [9.17, 15) is 29.8 Å². The van der Waals surface area contributed by atoms with Crippen molar-refractivity contribution in [3.05, 3.63) is 84.4 Å². The van der Waals surface area contributed by atoms with Crippen LogP contribution in [0.5, 0.6) is 0 Å². The molecule has 176 valence electrons. The lowest BCUT2D eigenvalue weighted by molar-refractivity contribution is -0.394. The normalized spacial score (nSPS) is 15.3. The smallest absolute Gasteiger partial charge is 0.277 e. The molecule has 1 saturated heterocycles. The van der Waals surface area contributed by atoms with E-state index in [4.69, 9.17) is 0 Å². The molecule has 0 aliphatic carbocycles. The maximum atomic E-state index is 12.9.